The third kappa shape index (κ3) is 1.72. The molecule has 0 amide bonds. The van der Waals surface area contributed by atoms with Gasteiger partial charge in [0, 0.05) is 12.6 Å². The Bertz CT molecular complexity index is 615. The normalized spacial score (nSPS) is 10.3. The zero-order chi connectivity index (χ0) is 12.6. The van der Waals surface area contributed by atoms with Crippen LogP contribution in [0.25, 0.3) is 11.3 Å². The summed E-state index contributed by atoms with van der Waals surface area (Å²) in [7, 11) is 1.91. The molecule has 86 valence electrons. The van der Waals surface area contributed by atoms with E-state index in [4.69, 9.17) is 5.26 Å². The van der Waals surface area contributed by atoms with Gasteiger partial charge in [0.25, 0.3) is 0 Å². The number of rotatable bonds is 1. The minimum absolute atomic E-state index is 0.485. The zero-order valence-electron chi connectivity index (χ0n) is 10.6. The standard InChI is InChI=1S/C14H15N3/c1-9-5-6-12(11(3)10(9)2)14-13(7-15)16-8-17(14)4/h5-6,8H,1-4H3. The molecule has 0 bridgehead atoms. The maximum atomic E-state index is 9.08. The van der Waals surface area contributed by atoms with Crippen LogP contribution in [0.3, 0.4) is 0 Å². The molecule has 0 spiro atoms. The van der Waals surface area contributed by atoms with Crippen molar-refractivity contribution >= 4 is 0 Å². The van der Waals surface area contributed by atoms with Crippen molar-refractivity contribution in [3.63, 3.8) is 0 Å². The van der Waals surface area contributed by atoms with Crippen LogP contribution in [0.5, 0.6) is 0 Å². The molecule has 0 unspecified atom stereocenters. The summed E-state index contributed by atoms with van der Waals surface area (Å²) in [5.41, 5.74) is 6.22. The first kappa shape index (κ1) is 11.4. The second-order valence-electron chi connectivity index (χ2n) is 4.34. The van der Waals surface area contributed by atoms with Crippen LogP contribution in [0, 0.1) is 32.1 Å². The smallest absolute Gasteiger partial charge is 0.166 e. The van der Waals surface area contributed by atoms with Crippen molar-refractivity contribution in [2.24, 2.45) is 7.05 Å². The molecule has 2 aromatic rings. The number of nitrogens with zero attached hydrogens (tertiary/aromatic N) is 3. The molecule has 0 atom stereocenters. The van der Waals surface area contributed by atoms with E-state index in [2.05, 4.69) is 44.0 Å². The van der Waals surface area contributed by atoms with Crippen LogP contribution in [0.1, 0.15) is 22.4 Å². The number of benzene rings is 1. The van der Waals surface area contributed by atoms with Gasteiger partial charge in [-0.1, -0.05) is 12.1 Å². The molecule has 0 saturated heterocycles. The Labute approximate surface area is 101 Å². The lowest BCUT2D eigenvalue weighted by atomic mass is 9.96. The average Bonchev–Trinajstić information content (AvgIpc) is 2.68. The van der Waals surface area contributed by atoms with Crippen molar-refractivity contribution in [2.75, 3.05) is 0 Å². The Kier molecular flexibility index (Phi) is 2.72. The molecule has 3 heteroatoms. The zero-order valence-corrected chi connectivity index (χ0v) is 10.6. The average molecular weight is 225 g/mol. The fourth-order valence-electron chi connectivity index (χ4n) is 2.04. The van der Waals surface area contributed by atoms with E-state index in [1.54, 1.807) is 6.33 Å². The SMILES string of the molecule is Cc1ccc(-c2c(C#N)ncn2C)c(C)c1C. The topological polar surface area (TPSA) is 41.6 Å². The molecule has 0 fully saturated rings. The minimum atomic E-state index is 0.485. The van der Waals surface area contributed by atoms with E-state index in [9.17, 15) is 0 Å². The third-order valence-corrected chi connectivity index (χ3v) is 3.36. The Balaban J connectivity index is 2.74. The molecule has 1 heterocycles. The van der Waals surface area contributed by atoms with E-state index in [-0.39, 0.29) is 0 Å². The molecule has 1 aromatic heterocycles. The molecular weight excluding hydrogens is 210 g/mol. The minimum Gasteiger partial charge on any atom is -0.333 e. The number of nitriles is 1. The summed E-state index contributed by atoms with van der Waals surface area (Å²) < 4.78 is 1.90. The van der Waals surface area contributed by atoms with Crippen molar-refractivity contribution in [1.29, 1.82) is 5.26 Å². The molecule has 1 aromatic carbocycles. The lowest BCUT2D eigenvalue weighted by Crippen LogP contribution is -1.97. The summed E-state index contributed by atoms with van der Waals surface area (Å²) in [6, 6.07) is 6.30. The fraction of sp³-hybridized carbons (Fsp3) is 0.286. The van der Waals surface area contributed by atoms with Crippen LogP contribution in [-0.2, 0) is 7.05 Å². The second-order valence-corrected chi connectivity index (χ2v) is 4.34. The first-order chi connectivity index (χ1) is 8.06. The highest BCUT2D eigenvalue weighted by Gasteiger charge is 2.14. The van der Waals surface area contributed by atoms with Crippen molar-refractivity contribution in [2.45, 2.75) is 20.8 Å². The van der Waals surface area contributed by atoms with E-state index in [0.29, 0.717) is 5.69 Å². The second kappa shape index (κ2) is 4.06. The first-order valence-electron chi connectivity index (χ1n) is 5.55. The summed E-state index contributed by atoms with van der Waals surface area (Å²) in [6.45, 7) is 6.29. The molecule has 0 aliphatic heterocycles. The Morgan fingerprint density at radius 1 is 1.18 bits per heavy atom. The maximum Gasteiger partial charge on any atom is 0.166 e. The quantitative estimate of drug-likeness (QED) is 0.748. The predicted molar refractivity (Wildman–Crippen MR) is 67.6 cm³/mol. The van der Waals surface area contributed by atoms with Crippen LogP contribution in [0.4, 0.5) is 0 Å². The number of hydrogen-bond acceptors (Lipinski definition) is 2. The summed E-state index contributed by atoms with van der Waals surface area (Å²) in [6.07, 6.45) is 1.68. The maximum absolute atomic E-state index is 9.08. The molecule has 0 aliphatic carbocycles. The van der Waals surface area contributed by atoms with Gasteiger partial charge < -0.3 is 4.57 Å². The van der Waals surface area contributed by atoms with Crippen LogP contribution >= 0.6 is 0 Å². The third-order valence-electron chi connectivity index (χ3n) is 3.36. The monoisotopic (exact) mass is 225 g/mol. The molecule has 0 saturated carbocycles. The predicted octanol–water partition coefficient (Wildman–Crippen LogP) is 2.88. The van der Waals surface area contributed by atoms with E-state index >= 15 is 0 Å². The van der Waals surface area contributed by atoms with Gasteiger partial charge in [-0.2, -0.15) is 5.26 Å². The van der Waals surface area contributed by atoms with Crippen LogP contribution in [-0.4, -0.2) is 9.55 Å². The molecule has 2 rings (SSSR count). The van der Waals surface area contributed by atoms with Gasteiger partial charge in [-0.15, -0.1) is 0 Å². The van der Waals surface area contributed by atoms with Gasteiger partial charge in [0.1, 0.15) is 6.07 Å². The lowest BCUT2D eigenvalue weighted by Gasteiger charge is -2.12. The molecule has 0 radical (unpaired) electrons. The van der Waals surface area contributed by atoms with Crippen molar-refractivity contribution in [3.05, 3.63) is 40.8 Å². The molecule has 0 aliphatic rings. The highest BCUT2D eigenvalue weighted by atomic mass is 15.0. The molecule has 17 heavy (non-hydrogen) atoms. The van der Waals surface area contributed by atoms with Crippen molar-refractivity contribution < 1.29 is 0 Å². The number of aromatic nitrogens is 2. The Morgan fingerprint density at radius 2 is 1.88 bits per heavy atom. The Hall–Kier alpha value is -2.08. The van der Waals surface area contributed by atoms with Crippen LogP contribution in [0.15, 0.2) is 18.5 Å². The van der Waals surface area contributed by atoms with Gasteiger partial charge in [0.15, 0.2) is 5.69 Å². The van der Waals surface area contributed by atoms with Gasteiger partial charge in [-0.05, 0) is 37.5 Å². The fourth-order valence-corrected chi connectivity index (χ4v) is 2.04. The van der Waals surface area contributed by atoms with Gasteiger partial charge >= 0.3 is 0 Å². The summed E-state index contributed by atoms with van der Waals surface area (Å²) >= 11 is 0. The summed E-state index contributed by atoms with van der Waals surface area (Å²) in [4.78, 5) is 4.11. The van der Waals surface area contributed by atoms with Gasteiger partial charge in [0.2, 0.25) is 0 Å². The summed E-state index contributed by atoms with van der Waals surface area (Å²) in [5.74, 6) is 0. The van der Waals surface area contributed by atoms with Crippen LogP contribution in [0.2, 0.25) is 0 Å². The van der Waals surface area contributed by atoms with Crippen molar-refractivity contribution in [3.8, 4) is 17.3 Å². The van der Waals surface area contributed by atoms with E-state index in [1.807, 2.05) is 11.6 Å². The van der Waals surface area contributed by atoms with Gasteiger partial charge in [-0.3, -0.25) is 0 Å². The van der Waals surface area contributed by atoms with E-state index < -0.39 is 0 Å². The highest BCUT2D eigenvalue weighted by Crippen LogP contribution is 2.28. The van der Waals surface area contributed by atoms with E-state index in [0.717, 1.165) is 11.3 Å². The van der Waals surface area contributed by atoms with Gasteiger partial charge in [-0.25, -0.2) is 4.98 Å². The van der Waals surface area contributed by atoms with E-state index in [1.165, 1.54) is 16.7 Å². The Morgan fingerprint density at radius 3 is 2.53 bits per heavy atom. The molecule has 3 nitrogen and oxygen atoms in total. The van der Waals surface area contributed by atoms with Crippen LogP contribution < -0.4 is 0 Å². The highest BCUT2D eigenvalue weighted by molar-refractivity contribution is 5.70. The first-order valence-corrected chi connectivity index (χ1v) is 5.55. The van der Waals surface area contributed by atoms with Gasteiger partial charge in [0.05, 0.1) is 12.0 Å². The molecular formula is C14H15N3. The number of hydrogen-bond donors (Lipinski definition) is 0. The number of imidazole rings is 1. The lowest BCUT2D eigenvalue weighted by molar-refractivity contribution is 0.919. The number of aryl methyl sites for hydroxylation is 2. The largest absolute Gasteiger partial charge is 0.333 e. The van der Waals surface area contributed by atoms with Crippen molar-refractivity contribution in [1.82, 2.24) is 9.55 Å². The molecule has 0 N–H and O–H groups in total. The summed E-state index contributed by atoms with van der Waals surface area (Å²) in [5, 5.41) is 9.08.